The third-order valence-corrected chi connectivity index (χ3v) is 2.29. The van der Waals surface area contributed by atoms with Gasteiger partial charge < -0.3 is 5.73 Å². The molecule has 0 radical (unpaired) electrons. The Balaban J connectivity index is 2.94. The van der Waals surface area contributed by atoms with E-state index in [2.05, 4.69) is 0 Å². The zero-order chi connectivity index (χ0) is 9.42. The third-order valence-electron chi connectivity index (χ3n) is 1.97. The molecule has 0 bridgehead atoms. The van der Waals surface area contributed by atoms with Crippen molar-refractivity contribution in [1.29, 1.82) is 0 Å². The minimum Gasteiger partial charge on any atom is -0.395 e. The van der Waals surface area contributed by atoms with Gasteiger partial charge in [0.1, 0.15) is 0 Å². The topological polar surface area (TPSA) is 26.0 Å². The molecule has 0 aliphatic rings. The molecular weight excluding hydrogens is 189 g/mol. The average Bonchev–Trinajstić information content (AvgIpc) is 2.15. The second-order valence-corrected chi connectivity index (χ2v) is 3.21. The van der Waals surface area contributed by atoms with Crippen LogP contribution < -0.4 is 5.73 Å². The Labute approximate surface area is 79.9 Å². The summed E-state index contributed by atoms with van der Waals surface area (Å²) in [5.74, 6) is -0.442. The van der Waals surface area contributed by atoms with E-state index >= 15 is 0 Å². The normalized spacial score (nSPS) is 10.6. The van der Waals surface area contributed by atoms with E-state index in [1.54, 1.807) is 24.3 Å². The van der Waals surface area contributed by atoms with Crippen molar-refractivity contribution in [2.75, 3.05) is 5.73 Å². The Morgan fingerprint density at radius 3 is 2.69 bits per heavy atom. The molecule has 0 spiro atoms. The summed E-state index contributed by atoms with van der Waals surface area (Å²) in [7, 11) is 0. The molecule has 0 heterocycles. The Kier molecular flexibility index (Phi) is 1.85. The van der Waals surface area contributed by atoms with Gasteiger partial charge in [-0.2, -0.15) is 0 Å². The molecule has 0 saturated heterocycles. The van der Waals surface area contributed by atoms with Crippen molar-refractivity contribution in [3.05, 3.63) is 41.2 Å². The van der Waals surface area contributed by atoms with Gasteiger partial charge in [-0.3, -0.25) is 0 Å². The van der Waals surface area contributed by atoms with Gasteiger partial charge in [-0.25, -0.2) is 4.39 Å². The summed E-state index contributed by atoms with van der Waals surface area (Å²) in [5, 5.41) is 1.53. The molecule has 2 rings (SSSR count). The van der Waals surface area contributed by atoms with E-state index in [1.165, 1.54) is 0 Å². The molecule has 66 valence electrons. The minimum atomic E-state index is -0.442. The van der Waals surface area contributed by atoms with Crippen LogP contribution in [0.1, 0.15) is 0 Å². The van der Waals surface area contributed by atoms with Crippen molar-refractivity contribution in [3.8, 4) is 0 Å². The Morgan fingerprint density at radius 1 is 1.23 bits per heavy atom. The predicted octanol–water partition coefficient (Wildman–Crippen LogP) is 3.21. The van der Waals surface area contributed by atoms with Crippen molar-refractivity contribution >= 4 is 28.1 Å². The Bertz CT molecular complexity index is 468. The van der Waals surface area contributed by atoms with Crippen LogP contribution in [0.25, 0.3) is 10.8 Å². The minimum absolute atomic E-state index is 0.0142. The Hall–Kier alpha value is -1.28. The number of hydrogen-bond acceptors (Lipinski definition) is 1. The summed E-state index contributed by atoms with van der Waals surface area (Å²) in [6, 6.07) is 8.73. The number of nitrogen functional groups attached to an aromatic ring is 1. The van der Waals surface area contributed by atoms with E-state index in [0.29, 0.717) is 5.39 Å². The van der Waals surface area contributed by atoms with Crippen LogP contribution >= 0.6 is 11.6 Å². The lowest BCUT2D eigenvalue weighted by Crippen LogP contribution is -1.92. The first-order valence-corrected chi connectivity index (χ1v) is 4.20. The number of rotatable bonds is 0. The van der Waals surface area contributed by atoms with Gasteiger partial charge in [-0.15, -0.1) is 0 Å². The highest BCUT2D eigenvalue weighted by Crippen LogP contribution is 2.29. The van der Waals surface area contributed by atoms with Gasteiger partial charge in [0.25, 0.3) is 0 Å². The number of hydrogen-bond donors (Lipinski definition) is 1. The van der Waals surface area contributed by atoms with E-state index in [-0.39, 0.29) is 10.7 Å². The van der Waals surface area contributed by atoms with Crippen LogP contribution in [0.3, 0.4) is 0 Å². The second-order valence-electron chi connectivity index (χ2n) is 2.81. The SMILES string of the molecule is Nc1c(Cl)cc2ccccc2c1F. The van der Waals surface area contributed by atoms with E-state index in [0.717, 1.165) is 5.39 Å². The number of halogens is 2. The molecule has 0 aliphatic carbocycles. The largest absolute Gasteiger partial charge is 0.395 e. The summed E-state index contributed by atoms with van der Waals surface area (Å²) < 4.78 is 13.4. The zero-order valence-electron chi connectivity index (χ0n) is 6.72. The molecule has 1 nitrogen and oxygen atoms in total. The molecule has 0 saturated carbocycles. The summed E-state index contributed by atoms with van der Waals surface area (Å²) in [4.78, 5) is 0. The zero-order valence-corrected chi connectivity index (χ0v) is 7.48. The molecule has 2 aromatic rings. The maximum atomic E-state index is 13.4. The van der Waals surface area contributed by atoms with Crippen LogP contribution in [0.4, 0.5) is 10.1 Å². The lowest BCUT2D eigenvalue weighted by molar-refractivity contribution is 0.644. The first-order chi connectivity index (χ1) is 6.20. The van der Waals surface area contributed by atoms with Crippen LogP contribution in [0.15, 0.2) is 30.3 Å². The smallest absolute Gasteiger partial charge is 0.155 e. The van der Waals surface area contributed by atoms with Crippen LogP contribution in [0, 0.1) is 5.82 Å². The van der Waals surface area contributed by atoms with Gasteiger partial charge in [-0.05, 0) is 11.5 Å². The molecular formula is C10H7ClFN. The summed E-state index contributed by atoms with van der Waals surface area (Å²) in [6.45, 7) is 0. The lowest BCUT2D eigenvalue weighted by atomic mass is 10.1. The lowest BCUT2D eigenvalue weighted by Gasteiger charge is -2.03. The fourth-order valence-electron chi connectivity index (χ4n) is 1.29. The fraction of sp³-hybridized carbons (Fsp3) is 0. The molecule has 2 N–H and O–H groups in total. The third kappa shape index (κ3) is 1.23. The fourth-order valence-corrected chi connectivity index (χ4v) is 1.49. The van der Waals surface area contributed by atoms with E-state index in [4.69, 9.17) is 17.3 Å². The van der Waals surface area contributed by atoms with E-state index in [9.17, 15) is 4.39 Å². The molecule has 0 unspecified atom stereocenters. The van der Waals surface area contributed by atoms with E-state index in [1.807, 2.05) is 6.07 Å². The molecule has 0 aliphatic heterocycles. The van der Waals surface area contributed by atoms with Gasteiger partial charge in [0.05, 0.1) is 10.7 Å². The van der Waals surface area contributed by atoms with Gasteiger partial charge in [-0.1, -0.05) is 35.9 Å². The number of fused-ring (bicyclic) bond motifs is 1. The van der Waals surface area contributed by atoms with Gasteiger partial charge in [0.15, 0.2) is 5.82 Å². The number of benzene rings is 2. The predicted molar refractivity (Wildman–Crippen MR) is 53.3 cm³/mol. The summed E-state index contributed by atoms with van der Waals surface area (Å²) in [6.07, 6.45) is 0. The monoisotopic (exact) mass is 195 g/mol. The highest BCUT2D eigenvalue weighted by Gasteiger charge is 2.07. The standard InChI is InChI=1S/C10H7ClFN/c11-8-5-6-3-1-2-4-7(6)9(12)10(8)13/h1-5H,13H2. The van der Waals surface area contributed by atoms with E-state index < -0.39 is 5.82 Å². The van der Waals surface area contributed by atoms with Crippen LogP contribution in [-0.4, -0.2) is 0 Å². The van der Waals surface area contributed by atoms with Crippen LogP contribution in [0.5, 0.6) is 0 Å². The summed E-state index contributed by atoms with van der Waals surface area (Å²) >= 11 is 5.73. The maximum Gasteiger partial charge on any atom is 0.155 e. The van der Waals surface area contributed by atoms with Crippen molar-refractivity contribution in [1.82, 2.24) is 0 Å². The summed E-state index contributed by atoms with van der Waals surface area (Å²) in [5.41, 5.74) is 5.46. The average molecular weight is 196 g/mol. The highest BCUT2D eigenvalue weighted by atomic mass is 35.5. The van der Waals surface area contributed by atoms with Crippen molar-refractivity contribution in [3.63, 3.8) is 0 Å². The highest BCUT2D eigenvalue weighted by molar-refractivity contribution is 6.34. The van der Waals surface area contributed by atoms with Gasteiger partial charge in [0.2, 0.25) is 0 Å². The molecule has 0 atom stereocenters. The Morgan fingerprint density at radius 2 is 1.92 bits per heavy atom. The van der Waals surface area contributed by atoms with Crippen molar-refractivity contribution < 1.29 is 4.39 Å². The molecule has 0 amide bonds. The quantitative estimate of drug-likeness (QED) is 0.642. The van der Waals surface area contributed by atoms with Crippen LogP contribution in [-0.2, 0) is 0 Å². The first kappa shape index (κ1) is 8.32. The molecule has 0 fully saturated rings. The molecule has 13 heavy (non-hydrogen) atoms. The number of nitrogens with two attached hydrogens (primary N) is 1. The van der Waals surface area contributed by atoms with Gasteiger partial charge >= 0.3 is 0 Å². The number of anilines is 1. The second kappa shape index (κ2) is 2.89. The molecule has 0 aromatic heterocycles. The molecule has 2 aromatic carbocycles. The van der Waals surface area contributed by atoms with Crippen molar-refractivity contribution in [2.24, 2.45) is 0 Å². The van der Waals surface area contributed by atoms with Crippen molar-refractivity contribution in [2.45, 2.75) is 0 Å². The van der Waals surface area contributed by atoms with Gasteiger partial charge in [0, 0.05) is 5.39 Å². The van der Waals surface area contributed by atoms with Crippen LogP contribution in [0.2, 0.25) is 5.02 Å². The maximum absolute atomic E-state index is 13.4. The molecule has 3 heteroatoms. The first-order valence-electron chi connectivity index (χ1n) is 3.82.